The molecule has 1 aliphatic heterocycles. The van der Waals surface area contributed by atoms with Crippen LogP contribution in [-0.4, -0.2) is 41.6 Å². The third kappa shape index (κ3) is 4.31. The van der Waals surface area contributed by atoms with E-state index in [1.54, 1.807) is 13.0 Å². The van der Waals surface area contributed by atoms with Crippen molar-refractivity contribution in [2.24, 2.45) is 0 Å². The predicted octanol–water partition coefficient (Wildman–Crippen LogP) is 3.98. The van der Waals surface area contributed by atoms with Crippen LogP contribution in [0.5, 0.6) is 0 Å². The van der Waals surface area contributed by atoms with Crippen molar-refractivity contribution in [2.75, 3.05) is 6.61 Å². The quantitative estimate of drug-likeness (QED) is 0.470. The van der Waals surface area contributed by atoms with Gasteiger partial charge in [0, 0.05) is 6.20 Å². The molecule has 0 radical (unpaired) electrons. The molecule has 1 fully saturated rings. The zero-order chi connectivity index (χ0) is 19.8. The number of hydrogen-bond acceptors (Lipinski definition) is 6. The van der Waals surface area contributed by atoms with Gasteiger partial charge in [-0.1, -0.05) is 20.8 Å². The van der Waals surface area contributed by atoms with Crippen LogP contribution < -0.4 is 0 Å². The summed E-state index contributed by atoms with van der Waals surface area (Å²) < 4.78 is 12.2. The van der Waals surface area contributed by atoms with E-state index >= 15 is 0 Å². The monoisotopic (exact) mass is 382 g/mol. The van der Waals surface area contributed by atoms with E-state index in [2.05, 4.69) is 38.8 Å². The molecular weight excluding hydrogens is 352 g/mol. The molecule has 0 bridgehead atoms. The van der Waals surface area contributed by atoms with E-state index < -0.39 is 31.0 Å². The maximum atomic E-state index is 11.2. The Bertz CT molecular complexity index is 661. The van der Waals surface area contributed by atoms with Gasteiger partial charge in [0.05, 0.1) is 29.3 Å². The van der Waals surface area contributed by atoms with Gasteiger partial charge in [0.2, 0.25) is 0 Å². The van der Waals surface area contributed by atoms with Gasteiger partial charge in [-0.2, -0.15) is 0 Å². The van der Waals surface area contributed by atoms with Gasteiger partial charge in [-0.15, -0.1) is 0 Å². The topological polar surface area (TPSA) is 94.7 Å². The second kappa shape index (κ2) is 7.34. The van der Waals surface area contributed by atoms with Crippen LogP contribution in [-0.2, 0) is 9.16 Å². The number of aliphatic hydroxyl groups is 1. The Balaban J connectivity index is 2.10. The first kappa shape index (κ1) is 21.0. The van der Waals surface area contributed by atoms with E-state index in [1.807, 2.05) is 0 Å². The maximum absolute atomic E-state index is 11.2. The molecule has 1 N–H and O–H groups in total. The summed E-state index contributed by atoms with van der Waals surface area (Å²) in [6, 6.07) is 1.62. The summed E-state index contributed by atoms with van der Waals surface area (Å²) in [4.78, 5) is 14.6. The Labute approximate surface area is 156 Å². The Morgan fingerprint density at radius 2 is 2.15 bits per heavy atom. The highest BCUT2D eigenvalue weighted by atomic mass is 28.4. The molecule has 146 valence electrons. The van der Waals surface area contributed by atoms with E-state index in [4.69, 9.17) is 9.16 Å². The van der Waals surface area contributed by atoms with Crippen LogP contribution >= 0.6 is 0 Å². The van der Waals surface area contributed by atoms with Crippen LogP contribution in [0.3, 0.4) is 0 Å². The van der Waals surface area contributed by atoms with Gasteiger partial charge >= 0.3 is 0 Å². The van der Waals surface area contributed by atoms with Gasteiger partial charge in [0.15, 0.2) is 8.32 Å². The molecule has 0 saturated carbocycles. The van der Waals surface area contributed by atoms with Gasteiger partial charge < -0.3 is 14.3 Å². The minimum Gasteiger partial charge on any atom is -0.414 e. The Morgan fingerprint density at radius 1 is 1.50 bits per heavy atom. The van der Waals surface area contributed by atoms with Crippen molar-refractivity contribution in [3.05, 3.63) is 34.1 Å². The van der Waals surface area contributed by atoms with Gasteiger partial charge in [-0.25, -0.2) is 0 Å². The van der Waals surface area contributed by atoms with Crippen molar-refractivity contribution in [3.8, 4) is 0 Å². The van der Waals surface area contributed by atoms with Crippen LogP contribution in [0.4, 0.5) is 5.69 Å². The SMILES string of the molecule is CC1OC(c2ccncc2[N+](=O)[O-])CCC1(O)CO[Si](C)(C)C(C)(C)C. The van der Waals surface area contributed by atoms with Crippen molar-refractivity contribution in [3.63, 3.8) is 0 Å². The highest BCUT2D eigenvalue weighted by Crippen LogP contribution is 2.42. The number of rotatable bonds is 5. The van der Waals surface area contributed by atoms with Crippen LogP contribution in [0.25, 0.3) is 0 Å². The summed E-state index contributed by atoms with van der Waals surface area (Å²) in [5.74, 6) is 0. The van der Waals surface area contributed by atoms with Gasteiger partial charge in [0.25, 0.3) is 5.69 Å². The fourth-order valence-electron chi connectivity index (χ4n) is 2.79. The summed E-state index contributed by atoms with van der Waals surface area (Å²) in [6.07, 6.45) is 2.81. The first-order chi connectivity index (χ1) is 11.9. The maximum Gasteiger partial charge on any atom is 0.293 e. The lowest BCUT2D eigenvalue weighted by Gasteiger charge is -2.44. The first-order valence-electron chi connectivity index (χ1n) is 8.97. The van der Waals surface area contributed by atoms with E-state index in [9.17, 15) is 15.2 Å². The lowest BCUT2D eigenvalue weighted by atomic mass is 9.86. The fraction of sp³-hybridized carbons (Fsp3) is 0.722. The van der Waals surface area contributed by atoms with Crippen LogP contribution in [0.1, 0.15) is 52.2 Å². The molecule has 0 spiro atoms. The second-order valence-corrected chi connectivity index (χ2v) is 13.5. The van der Waals surface area contributed by atoms with Crippen molar-refractivity contribution in [1.82, 2.24) is 4.98 Å². The highest BCUT2D eigenvalue weighted by Gasteiger charge is 2.45. The molecule has 7 nitrogen and oxygen atoms in total. The summed E-state index contributed by atoms with van der Waals surface area (Å²) in [5.41, 5.74) is -0.634. The molecule has 1 aliphatic rings. The summed E-state index contributed by atoms with van der Waals surface area (Å²) in [5, 5.41) is 22.3. The largest absolute Gasteiger partial charge is 0.414 e. The number of nitro groups is 1. The molecule has 1 aromatic heterocycles. The summed E-state index contributed by atoms with van der Waals surface area (Å²) in [6.45, 7) is 12.8. The Morgan fingerprint density at radius 3 is 2.69 bits per heavy atom. The number of aromatic nitrogens is 1. The Kier molecular flexibility index (Phi) is 5.92. The second-order valence-electron chi connectivity index (χ2n) is 8.65. The van der Waals surface area contributed by atoms with E-state index in [1.165, 1.54) is 12.4 Å². The average Bonchev–Trinajstić information content (AvgIpc) is 2.55. The minimum atomic E-state index is -1.98. The molecule has 1 saturated heterocycles. The molecule has 1 aromatic rings. The molecule has 2 heterocycles. The third-order valence-corrected chi connectivity index (χ3v) is 10.3. The lowest BCUT2D eigenvalue weighted by Crippen LogP contribution is -2.53. The van der Waals surface area contributed by atoms with E-state index in [-0.39, 0.29) is 17.3 Å². The summed E-state index contributed by atoms with van der Waals surface area (Å²) in [7, 11) is -1.98. The number of nitrogens with zero attached hydrogens (tertiary/aromatic N) is 2. The van der Waals surface area contributed by atoms with Gasteiger partial charge in [0.1, 0.15) is 11.8 Å². The highest BCUT2D eigenvalue weighted by molar-refractivity contribution is 6.74. The van der Waals surface area contributed by atoms with Crippen molar-refractivity contribution in [1.29, 1.82) is 0 Å². The lowest BCUT2D eigenvalue weighted by molar-refractivity contribution is -0.386. The van der Waals surface area contributed by atoms with Crippen molar-refractivity contribution in [2.45, 2.75) is 76.5 Å². The fourth-order valence-corrected chi connectivity index (χ4v) is 3.83. The van der Waals surface area contributed by atoms with Crippen LogP contribution in [0.2, 0.25) is 18.1 Å². The zero-order valence-electron chi connectivity index (χ0n) is 16.5. The standard InChI is InChI=1S/C18H30N2O5Si/c1-13-18(21,12-24-26(5,6)17(2,3)4)9-7-16(25-13)14-8-10-19-11-15(14)20(22)23/h8,10-11,13,16,21H,7,9,12H2,1-6H3. The molecule has 8 heteroatoms. The van der Waals surface area contributed by atoms with E-state index in [0.29, 0.717) is 18.4 Å². The first-order valence-corrected chi connectivity index (χ1v) is 11.9. The molecule has 3 atom stereocenters. The van der Waals surface area contributed by atoms with Crippen molar-refractivity contribution < 1.29 is 19.2 Å². The normalized spacial score (nSPS) is 27.3. The molecular formula is C18H30N2O5Si. The molecule has 3 unspecified atom stereocenters. The molecule has 0 amide bonds. The predicted molar refractivity (Wildman–Crippen MR) is 102 cm³/mol. The Hall–Kier alpha value is -1.35. The molecule has 0 aromatic carbocycles. The smallest absolute Gasteiger partial charge is 0.293 e. The average molecular weight is 383 g/mol. The van der Waals surface area contributed by atoms with Gasteiger partial charge in [-0.05, 0) is 44.0 Å². The molecule has 2 rings (SSSR count). The molecule has 0 aliphatic carbocycles. The summed E-state index contributed by atoms with van der Waals surface area (Å²) >= 11 is 0. The number of pyridine rings is 1. The number of hydrogen-bond donors (Lipinski definition) is 1. The molecule has 26 heavy (non-hydrogen) atoms. The number of ether oxygens (including phenoxy) is 1. The minimum absolute atomic E-state index is 0.0485. The van der Waals surface area contributed by atoms with Crippen molar-refractivity contribution >= 4 is 14.0 Å². The third-order valence-electron chi connectivity index (χ3n) is 5.83. The van der Waals surface area contributed by atoms with Gasteiger partial charge in [-0.3, -0.25) is 15.1 Å². The zero-order valence-corrected chi connectivity index (χ0v) is 17.5. The van der Waals surface area contributed by atoms with Crippen LogP contribution in [0, 0.1) is 10.1 Å². The van der Waals surface area contributed by atoms with E-state index in [0.717, 1.165) is 0 Å². The van der Waals surface area contributed by atoms with Crippen LogP contribution in [0.15, 0.2) is 18.5 Å².